The molecule has 0 amide bonds. The van der Waals surface area contributed by atoms with Crippen molar-refractivity contribution in [3.63, 3.8) is 0 Å². The maximum Gasteiger partial charge on any atom is 0.136 e. The Morgan fingerprint density at radius 3 is 2.91 bits per heavy atom. The molecule has 0 bridgehead atoms. The van der Waals surface area contributed by atoms with E-state index in [9.17, 15) is 0 Å². The van der Waals surface area contributed by atoms with Crippen LogP contribution in [0.5, 0.6) is 0 Å². The molecule has 2 aromatic heterocycles. The van der Waals surface area contributed by atoms with Crippen LogP contribution in [0.4, 0.5) is 0 Å². The standard InChI is InChI=1S/C6H5N3.C2H6/c1-2-6-4-7-5-8-9(6)3-1;1-2/h1-5H;1-2H3. The summed E-state index contributed by atoms with van der Waals surface area (Å²) < 4.78 is 1.77. The predicted molar refractivity (Wildman–Crippen MR) is 44.3 cm³/mol. The number of aromatic nitrogens is 3. The Labute approximate surface area is 65.7 Å². The van der Waals surface area contributed by atoms with Crippen molar-refractivity contribution < 1.29 is 0 Å². The number of fused-ring (bicyclic) bond motifs is 1. The number of hydrogen-bond donors (Lipinski definition) is 0. The molecule has 0 atom stereocenters. The summed E-state index contributed by atoms with van der Waals surface area (Å²) in [6.45, 7) is 4.00. The van der Waals surface area contributed by atoms with Gasteiger partial charge in [0.15, 0.2) is 0 Å². The van der Waals surface area contributed by atoms with Crippen LogP contribution in [0.25, 0.3) is 5.52 Å². The van der Waals surface area contributed by atoms with Gasteiger partial charge in [0.2, 0.25) is 0 Å². The van der Waals surface area contributed by atoms with E-state index in [1.807, 2.05) is 32.2 Å². The molecule has 0 aliphatic rings. The van der Waals surface area contributed by atoms with Crippen LogP contribution in [0, 0.1) is 0 Å². The van der Waals surface area contributed by atoms with Crippen molar-refractivity contribution >= 4 is 5.52 Å². The van der Waals surface area contributed by atoms with Crippen molar-refractivity contribution in [2.45, 2.75) is 13.8 Å². The van der Waals surface area contributed by atoms with E-state index < -0.39 is 0 Å². The highest BCUT2D eigenvalue weighted by Gasteiger charge is 1.86. The molecule has 0 unspecified atom stereocenters. The van der Waals surface area contributed by atoms with E-state index in [1.165, 1.54) is 6.33 Å². The topological polar surface area (TPSA) is 30.2 Å². The fourth-order valence-electron chi connectivity index (χ4n) is 0.788. The second kappa shape index (κ2) is 3.71. The average Bonchev–Trinajstić information content (AvgIpc) is 2.55. The van der Waals surface area contributed by atoms with Gasteiger partial charge in [0.05, 0.1) is 11.7 Å². The molecule has 2 rings (SSSR count). The number of rotatable bonds is 0. The molecule has 3 nitrogen and oxygen atoms in total. The van der Waals surface area contributed by atoms with Gasteiger partial charge in [0.1, 0.15) is 6.33 Å². The van der Waals surface area contributed by atoms with Gasteiger partial charge >= 0.3 is 0 Å². The number of hydrogen-bond acceptors (Lipinski definition) is 2. The first-order chi connectivity index (χ1) is 5.47. The maximum absolute atomic E-state index is 3.95. The van der Waals surface area contributed by atoms with Crippen molar-refractivity contribution in [2.24, 2.45) is 0 Å². The van der Waals surface area contributed by atoms with Crippen molar-refractivity contribution in [3.8, 4) is 0 Å². The van der Waals surface area contributed by atoms with Gasteiger partial charge in [-0.25, -0.2) is 9.50 Å². The first-order valence-corrected chi connectivity index (χ1v) is 3.70. The van der Waals surface area contributed by atoms with Crippen LogP contribution >= 0.6 is 0 Å². The van der Waals surface area contributed by atoms with Crippen molar-refractivity contribution in [1.29, 1.82) is 0 Å². The molecule has 0 saturated heterocycles. The molecule has 0 aliphatic carbocycles. The minimum atomic E-state index is 1.03. The molecule has 0 aromatic carbocycles. The van der Waals surface area contributed by atoms with Gasteiger partial charge in [-0.1, -0.05) is 13.8 Å². The summed E-state index contributed by atoms with van der Waals surface area (Å²) in [6, 6.07) is 3.89. The smallest absolute Gasteiger partial charge is 0.136 e. The van der Waals surface area contributed by atoms with Crippen molar-refractivity contribution in [3.05, 3.63) is 30.9 Å². The molecule has 0 radical (unpaired) electrons. The van der Waals surface area contributed by atoms with E-state index in [1.54, 1.807) is 10.7 Å². The van der Waals surface area contributed by atoms with E-state index in [4.69, 9.17) is 0 Å². The summed E-state index contributed by atoms with van der Waals surface area (Å²) in [5.41, 5.74) is 1.03. The van der Waals surface area contributed by atoms with E-state index in [0.717, 1.165) is 5.52 Å². The summed E-state index contributed by atoms with van der Waals surface area (Å²) in [5.74, 6) is 0. The van der Waals surface area contributed by atoms with Crippen LogP contribution in [-0.4, -0.2) is 14.6 Å². The quantitative estimate of drug-likeness (QED) is 0.571. The third kappa shape index (κ3) is 1.55. The molecule has 2 heterocycles. The Morgan fingerprint density at radius 2 is 2.18 bits per heavy atom. The molecule has 0 N–H and O–H groups in total. The highest BCUT2D eigenvalue weighted by atomic mass is 15.2. The Kier molecular flexibility index (Phi) is 2.60. The molecule has 0 fully saturated rings. The molecule has 58 valence electrons. The minimum Gasteiger partial charge on any atom is -0.241 e. The van der Waals surface area contributed by atoms with Crippen LogP contribution in [0.15, 0.2) is 30.9 Å². The first-order valence-electron chi connectivity index (χ1n) is 3.70. The lowest BCUT2D eigenvalue weighted by molar-refractivity contribution is 0.903. The molecule has 2 aromatic rings. The number of nitrogens with zero attached hydrogens (tertiary/aromatic N) is 3. The SMILES string of the molecule is CC.c1cc2cncnn2c1. The van der Waals surface area contributed by atoms with Gasteiger partial charge in [-0.15, -0.1) is 0 Å². The molecule has 0 saturated carbocycles. The van der Waals surface area contributed by atoms with Gasteiger partial charge in [-0.05, 0) is 12.1 Å². The summed E-state index contributed by atoms with van der Waals surface area (Å²) in [7, 11) is 0. The second-order valence-electron chi connectivity index (χ2n) is 1.79. The van der Waals surface area contributed by atoms with Gasteiger partial charge in [-0.2, -0.15) is 5.10 Å². The lowest BCUT2D eigenvalue weighted by Crippen LogP contribution is -1.87. The highest BCUT2D eigenvalue weighted by molar-refractivity contribution is 5.42. The summed E-state index contributed by atoms with van der Waals surface area (Å²) in [4.78, 5) is 3.85. The monoisotopic (exact) mass is 149 g/mol. The fourth-order valence-corrected chi connectivity index (χ4v) is 0.788. The van der Waals surface area contributed by atoms with Crippen LogP contribution < -0.4 is 0 Å². The van der Waals surface area contributed by atoms with Crippen molar-refractivity contribution in [2.75, 3.05) is 0 Å². The Morgan fingerprint density at radius 1 is 1.36 bits per heavy atom. The van der Waals surface area contributed by atoms with Gasteiger partial charge < -0.3 is 0 Å². The molecule has 11 heavy (non-hydrogen) atoms. The normalized spacial score (nSPS) is 8.91. The summed E-state index contributed by atoms with van der Waals surface area (Å²) in [5, 5.41) is 3.95. The van der Waals surface area contributed by atoms with E-state index >= 15 is 0 Å². The predicted octanol–water partition coefficient (Wildman–Crippen LogP) is 1.76. The van der Waals surface area contributed by atoms with Gasteiger partial charge in [0.25, 0.3) is 0 Å². The Hall–Kier alpha value is -1.38. The van der Waals surface area contributed by atoms with Crippen LogP contribution in [-0.2, 0) is 0 Å². The zero-order valence-corrected chi connectivity index (χ0v) is 6.73. The largest absolute Gasteiger partial charge is 0.241 e. The molecule has 0 spiro atoms. The first kappa shape index (κ1) is 7.72. The lowest BCUT2D eigenvalue weighted by atomic mass is 10.5. The zero-order chi connectivity index (χ0) is 8.10. The highest BCUT2D eigenvalue weighted by Crippen LogP contribution is 1.96. The molecule has 0 aliphatic heterocycles. The van der Waals surface area contributed by atoms with Crippen LogP contribution in [0.2, 0.25) is 0 Å². The summed E-state index contributed by atoms with van der Waals surface area (Å²) in [6.07, 6.45) is 5.18. The fraction of sp³-hybridized carbons (Fsp3) is 0.250. The zero-order valence-electron chi connectivity index (χ0n) is 6.73. The van der Waals surface area contributed by atoms with Gasteiger partial charge in [0, 0.05) is 6.20 Å². The van der Waals surface area contributed by atoms with Crippen molar-refractivity contribution in [1.82, 2.24) is 14.6 Å². The van der Waals surface area contributed by atoms with E-state index in [0.29, 0.717) is 0 Å². The molecule has 3 heteroatoms. The third-order valence-corrected chi connectivity index (χ3v) is 1.21. The lowest BCUT2D eigenvalue weighted by Gasteiger charge is -1.86. The van der Waals surface area contributed by atoms with Crippen LogP contribution in [0.3, 0.4) is 0 Å². The van der Waals surface area contributed by atoms with E-state index in [-0.39, 0.29) is 0 Å². The Bertz CT molecular complexity index is 283. The Balaban J connectivity index is 0.000000281. The molecular formula is C8H11N3. The minimum absolute atomic E-state index is 1.03. The van der Waals surface area contributed by atoms with Crippen LogP contribution in [0.1, 0.15) is 13.8 Å². The average molecular weight is 149 g/mol. The second-order valence-corrected chi connectivity index (χ2v) is 1.79. The van der Waals surface area contributed by atoms with E-state index in [2.05, 4.69) is 10.1 Å². The third-order valence-electron chi connectivity index (χ3n) is 1.21. The molecular weight excluding hydrogens is 138 g/mol. The maximum atomic E-state index is 3.95. The summed E-state index contributed by atoms with van der Waals surface area (Å²) >= 11 is 0. The van der Waals surface area contributed by atoms with Gasteiger partial charge in [-0.3, -0.25) is 0 Å².